The minimum atomic E-state index is -0.408. The predicted octanol–water partition coefficient (Wildman–Crippen LogP) is 1.68. The molecule has 6 heteroatoms. The van der Waals surface area contributed by atoms with Crippen molar-refractivity contribution in [3.8, 4) is 0 Å². The zero-order valence-electron chi connectivity index (χ0n) is 11.9. The topological polar surface area (TPSA) is 84.3 Å². The van der Waals surface area contributed by atoms with Crippen LogP contribution in [0.5, 0.6) is 0 Å². The fraction of sp³-hybridized carbons (Fsp3) is 0.643. The molecular weight excluding hydrogens is 258 g/mol. The van der Waals surface area contributed by atoms with Gasteiger partial charge in [-0.2, -0.15) is 0 Å². The molecule has 2 rings (SSSR count). The summed E-state index contributed by atoms with van der Waals surface area (Å²) in [6, 6.07) is -0.0170. The third-order valence-corrected chi connectivity index (χ3v) is 3.52. The van der Waals surface area contributed by atoms with Crippen molar-refractivity contribution >= 4 is 11.9 Å². The summed E-state index contributed by atoms with van der Waals surface area (Å²) in [5.74, 6) is 0.0377. The Morgan fingerprint density at radius 2 is 2.25 bits per heavy atom. The molecule has 1 aromatic heterocycles. The Morgan fingerprint density at radius 1 is 1.50 bits per heavy atom. The van der Waals surface area contributed by atoms with Crippen LogP contribution in [0.25, 0.3) is 0 Å². The van der Waals surface area contributed by atoms with Gasteiger partial charge < -0.3 is 15.2 Å². The molecule has 1 fully saturated rings. The first-order valence-corrected chi connectivity index (χ1v) is 7.07. The molecule has 1 saturated carbocycles. The van der Waals surface area contributed by atoms with Crippen LogP contribution in [-0.2, 0) is 4.74 Å². The Morgan fingerprint density at radius 3 is 2.90 bits per heavy atom. The van der Waals surface area contributed by atoms with Crippen LogP contribution in [0.1, 0.15) is 48.7 Å². The number of anilines is 1. The molecule has 110 valence electrons. The monoisotopic (exact) mass is 279 g/mol. The number of nitrogens with zero attached hydrogens (tertiary/aromatic N) is 2. The number of aliphatic hydroxyl groups excluding tert-OH is 1. The summed E-state index contributed by atoms with van der Waals surface area (Å²) in [7, 11) is 0. The molecule has 1 aliphatic carbocycles. The van der Waals surface area contributed by atoms with Gasteiger partial charge in [-0.3, -0.25) is 0 Å². The first kappa shape index (κ1) is 14.7. The highest BCUT2D eigenvalue weighted by Crippen LogP contribution is 2.21. The van der Waals surface area contributed by atoms with Gasteiger partial charge in [0.1, 0.15) is 0 Å². The molecule has 0 saturated heterocycles. The lowest BCUT2D eigenvalue weighted by molar-refractivity contribution is 0.0524. The molecule has 0 spiro atoms. The lowest BCUT2D eigenvalue weighted by atomic mass is 9.93. The van der Waals surface area contributed by atoms with Crippen molar-refractivity contribution in [3.05, 3.63) is 17.5 Å². The van der Waals surface area contributed by atoms with Gasteiger partial charge in [-0.15, -0.1) is 0 Å². The van der Waals surface area contributed by atoms with Crippen LogP contribution >= 0.6 is 0 Å². The minimum absolute atomic E-state index is 0.0170. The second-order valence-electron chi connectivity index (χ2n) is 5.02. The van der Waals surface area contributed by atoms with E-state index in [1.807, 2.05) is 0 Å². The molecule has 1 aromatic rings. The van der Waals surface area contributed by atoms with Gasteiger partial charge in [0.15, 0.2) is 0 Å². The molecule has 0 aromatic carbocycles. The lowest BCUT2D eigenvalue weighted by Crippen LogP contribution is -2.37. The molecule has 1 heterocycles. The van der Waals surface area contributed by atoms with Crippen molar-refractivity contribution in [1.82, 2.24) is 9.97 Å². The molecule has 0 amide bonds. The van der Waals surface area contributed by atoms with Crippen molar-refractivity contribution < 1.29 is 14.6 Å². The van der Waals surface area contributed by atoms with Gasteiger partial charge in [0.05, 0.1) is 30.0 Å². The highest BCUT2D eigenvalue weighted by Gasteiger charge is 2.23. The number of hydrogen-bond acceptors (Lipinski definition) is 6. The van der Waals surface area contributed by atoms with E-state index in [-0.39, 0.29) is 12.1 Å². The first-order valence-electron chi connectivity index (χ1n) is 7.07. The van der Waals surface area contributed by atoms with E-state index in [1.165, 1.54) is 6.20 Å². The third kappa shape index (κ3) is 3.45. The number of carbonyl (C=O) groups excluding carboxylic acids is 1. The third-order valence-electron chi connectivity index (χ3n) is 3.52. The number of aryl methyl sites for hydroxylation is 1. The highest BCUT2D eigenvalue weighted by molar-refractivity contribution is 5.90. The molecule has 2 atom stereocenters. The van der Waals surface area contributed by atoms with Gasteiger partial charge in [-0.05, 0) is 26.7 Å². The summed E-state index contributed by atoms with van der Waals surface area (Å²) < 4.78 is 4.94. The summed E-state index contributed by atoms with van der Waals surface area (Å²) in [6.07, 6.45) is 4.96. The second kappa shape index (κ2) is 6.65. The second-order valence-corrected chi connectivity index (χ2v) is 5.02. The van der Waals surface area contributed by atoms with E-state index in [4.69, 9.17) is 4.74 Å². The number of aromatic nitrogens is 2. The first-order chi connectivity index (χ1) is 9.61. The van der Waals surface area contributed by atoms with Gasteiger partial charge in [-0.25, -0.2) is 14.8 Å². The molecule has 0 aliphatic heterocycles. The van der Waals surface area contributed by atoms with Crippen molar-refractivity contribution in [1.29, 1.82) is 0 Å². The van der Waals surface area contributed by atoms with E-state index in [2.05, 4.69) is 15.3 Å². The molecule has 1 aliphatic rings. The van der Waals surface area contributed by atoms with E-state index >= 15 is 0 Å². The molecule has 20 heavy (non-hydrogen) atoms. The number of hydrogen-bond donors (Lipinski definition) is 2. The zero-order valence-corrected chi connectivity index (χ0v) is 11.9. The molecule has 2 N–H and O–H groups in total. The Balaban J connectivity index is 2.06. The minimum Gasteiger partial charge on any atom is -0.462 e. The summed E-state index contributed by atoms with van der Waals surface area (Å²) in [5, 5.41) is 13.1. The van der Waals surface area contributed by atoms with E-state index in [1.54, 1.807) is 13.8 Å². The van der Waals surface area contributed by atoms with Gasteiger partial charge in [0, 0.05) is 6.20 Å². The van der Waals surface area contributed by atoms with Crippen LogP contribution in [0, 0.1) is 6.92 Å². The van der Waals surface area contributed by atoms with Gasteiger partial charge in [0.25, 0.3) is 0 Å². The highest BCUT2D eigenvalue weighted by atomic mass is 16.5. The number of aliphatic hydroxyl groups is 1. The van der Waals surface area contributed by atoms with E-state index in [0.717, 1.165) is 25.7 Å². The van der Waals surface area contributed by atoms with Gasteiger partial charge >= 0.3 is 5.97 Å². The fourth-order valence-corrected chi connectivity index (χ4v) is 2.39. The average molecular weight is 279 g/mol. The van der Waals surface area contributed by atoms with Crippen molar-refractivity contribution in [2.75, 3.05) is 11.9 Å². The van der Waals surface area contributed by atoms with Crippen molar-refractivity contribution in [3.63, 3.8) is 0 Å². The largest absolute Gasteiger partial charge is 0.462 e. The predicted molar refractivity (Wildman–Crippen MR) is 74.6 cm³/mol. The summed E-state index contributed by atoms with van der Waals surface area (Å²) in [6.45, 7) is 3.83. The van der Waals surface area contributed by atoms with Crippen LogP contribution in [0.3, 0.4) is 0 Å². The Hall–Kier alpha value is -1.69. The Kier molecular flexibility index (Phi) is 4.89. The smallest absolute Gasteiger partial charge is 0.341 e. The van der Waals surface area contributed by atoms with Crippen LogP contribution < -0.4 is 5.32 Å². The van der Waals surface area contributed by atoms with Crippen molar-refractivity contribution in [2.45, 2.75) is 51.7 Å². The number of ether oxygens (including phenoxy) is 1. The standard InChI is InChI=1S/C14H21N3O3/c1-3-20-13(19)10-8-15-14(16-9(10)2)17-11-6-4-5-7-12(11)18/h8,11-12,18H,3-7H2,1-2H3,(H,15,16,17). The Bertz CT molecular complexity index is 479. The van der Waals surface area contributed by atoms with Crippen molar-refractivity contribution in [2.24, 2.45) is 0 Å². The maximum absolute atomic E-state index is 11.7. The number of nitrogens with one attached hydrogen (secondary N) is 1. The zero-order chi connectivity index (χ0) is 14.5. The molecule has 0 bridgehead atoms. The van der Waals surface area contributed by atoms with Gasteiger partial charge in [-0.1, -0.05) is 12.8 Å². The number of rotatable bonds is 4. The summed E-state index contributed by atoms with van der Waals surface area (Å²) in [5.41, 5.74) is 0.952. The maximum atomic E-state index is 11.7. The SMILES string of the molecule is CCOC(=O)c1cnc(NC2CCCCC2O)nc1C. The summed E-state index contributed by atoms with van der Waals surface area (Å²) >= 11 is 0. The van der Waals surface area contributed by atoms with Gasteiger partial charge in [0.2, 0.25) is 5.95 Å². The van der Waals surface area contributed by atoms with E-state index in [9.17, 15) is 9.90 Å². The maximum Gasteiger partial charge on any atom is 0.341 e. The number of carbonyl (C=O) groups is 1. The molecular formula is C14H21N3O3. The average Bonchev–Trinajstić information content (AvgIpc) is 2.42. The van der Waals surface area contributed by atoms with E-state index in [0.29, 0.717) is 23.8 Å². The molecule has 0 radical (unpaired) electrons. The van der Waals surface area contributed by atoms with Crippen LogP contribution in [0.2, 0.25) is 0 Å². The number of esters is 1. The van der Waals surface area contributed by atoms with Crippen LogP contribution in [0.4, 0.5) is 5.95 Å². The molecule has 2 unspecified atom stereocenters. The van der Waals surface area contributed by atoms with Crippen LogP contribution in [-0.4, -0.2) is 39.8 Å². The lowest BCUT2D eigenvalue weighted by Gasteiger charge is -2.28. The van der Waals surface area contributed by atoms with E-state index < -0.39 is 5.97 Å². The quantitative estimate of drug-likeness (QED) is 0.816. The normalized spacial score (nSPS) is 22.4. The van der Waals surface area contributed by atoms with Crippen LogP contribution in [0.15, 0.2) is 6.20 Å². The summed E-state index contributed by atoms with van der Waals surface area (Å²) in [4.78, 5) is 20.1. The fourth-order valence-electron chi connectivity index (χ4n) is 2.39. The molecule has 6 nitrogen and oxygen atoms in total. The Labute approximate surface area is 118 Å².